The van der Waals surface area contributed by atoms with Crippen molar-refractivity contribution in [3.63, 3.8) is 0 Å². The van der Waals surface area contributed by atoms with Crippen molar-refractivity contribution in [3.8, 4) is 11.4 Å². The molecule has 0 saturated heterocycles. The summed E-state index contributed by atoms with van der Waals surface area (Å²) in [6.45, 7) is 0. The Balaban J connectivity index is 2.59. The van der Waals surface area contributed by atoms with E-state index in [1.165, 1.54) is 0 Å². The maximum atomic E-state index is 8.74. The fourth-order valence-corrected chi connectivity index (χ4v) is 1.61. The van der Waals surface area contributed by atoms with Gasteiger partial charge in [0.1, 0.15) is 0 Å². The second-order valence-electron chi connectivity index (χ2n) is 3.08. The molecule has 0 aliphatic rings. The molecule has 1 aromatic carbocycles. The highest BCUT2D eigenvalue weighted by molar-refractivity contribution is 6.35. The molecule has 0 atom stereocenters. The lowest BCUT2D eigenvalue weighted by molar-refractivity contribution is 0.382. The first-order valence-corrected chi connectivity index (χ1v) is 5.23. The van der Waals surface area contributed by atoms with Crippen LogP contribution in [-0.2, 0) is 0 Å². The number of rotatable bonds is 2. The topological polar surface area (TPSA) is 97.0 Å². The zero-order chi connectivity index (χ0) is 12.4. The average molecular weight is 272 g/mol. The molecular formula is C9H7Cl2N5O. The van der Waals surface area contributed by atoms with Crippen molar-refractivity contribution in [3.05, 3.63) is 28.2 Å². The van der Waals surface area contributed by atoms with E-state index in [4.69, 9.17) is 34.1 Å². The molecule has 88 valence electrons. The number of halogens is 2. The lowest BCUT2D eigenvalue weighted by atomic mass is 10.2. The van der Waals surface area contributed by atoms with Crippen LogP contribution in [0.1, 0.15) is 0 Å². The van der Waals surface area contributed by atoms with Crippen LogP contribution in [0.25, 0.3) is 11.4 Å². The lowest BCUT2D eigenvalue weighted by Gasteiger charge is -2.05. The van der Waals surface area contributed by atoms with Crippen LogP contribution in [-0.4, -0.2) is 20.2 Å². The van der Waals surface area contributed by atoms with Gasteiger partial charge in [0, 0.05) is 10.6 Å². The van der Waals surface area contributed by atoms with Gasteiger partial charge in [0.2, 0.25) is 5.95 Å². The van der Waals surface area contributed by atoms with Gasteiger partial charge in [-0.1, -0.05) is 23.2 Å². The Kier molecular flexibility index (Phi) is 3.28. The molecule has 0 aliphatic heterocycles. The zero-order valence-corrected chi connectivity index (χ0v) is 9.87. The van der Waals surface area contributed by atoms with E-state index in [0.717, 1.165) is 0 Å². The van der Waals surface area contributed by atoms with Crippen LogP contribution in [0.3, 0.4) is 0 Å². The van der Waals surface area contributed by atoms with Crippen molar-refractivity contribution in [1.29, 1.82) is 0 Å². The molecule has 2 rings (SSSR count). The Bertz CT molecular complexity index is 563. The quantitative estimate of drug-likeness (QED) is 0.725. The number of benzene rings is 1. The summed E-state index contributed by atoms with van der Waals surface area (Å²) < 4.78 is 0. The molecule has 0 aliphatic carbocycles. The summed E-state index contributed by atoms with van der Waals surface area (Å²) in [4.78, 5) is 11.5. The van der Waals surface area contributed by atoms with Crippen molar-refractivity contribution in [2.24, 2.45) is 0 Å². The molecule has 1 aromatic heterocycles. The number of anilines is 2. The predicted molar refractivity (Wildman–Crippen MR) is 65.1 cm³/mol. The molecule has 6 nitrogen and oxygen atoms in total. The number of nitrogen functional groups attached to an aromatic ring is 1. The Morgan fingerprint density at radius 3 is 2.65 bits per heavy atom. The maximum Gasteiger partial charge on any atom is 0.252 e. The fourth-order valence-electron chi connectivity index (χ4n) is 1.23. The van der Waals surface area contributed by atoms with E-state index in [1.54, 1.807) is 23.7 Å². The van der Waals surface area contributed by atoms with Gasteiger partial charge in [0.05, 0.1) is 5.02 Å². The summed E-state index contributed by atoms with van der Waals surface area (Å²) in [7, 11) is 0. The monoisotopic (exact) mass is 271 g/mol. The van der Waals surface area contributed by atoms with Gasteiger partial charge in [-0.25, -0.2) is 5.48 Å². The molecule has 2 aromatic rings. The van der Waals surface area contributed by atoms with Gasteiger partial charge in [0.25, 0.3) is 5.95 Å². The predicted octanol–water partition coefficient (Wildman–Crippen LogP) is 2.23. The summed E-state index contributed by atoms with van der Waals surface area (Å²) in [5.74, 6) is 0.118. The fraction of sp³-hybridized carbons (Fsp3) is 0. The molecule has 17 heavy (non-hydrogen) atoms. The maximum absolute atomic E-state index is 8.74. The van der Waals surface area contributed by atoms with Crippen LogP contribution in [0.4, 0.5) is 11.9 Å². The Hall–Kier alpha value is -1.63. The van der Waals surface area contributed by atoms with E-state index in [-0.39, 0.29) is 17.7 Å². The van der Waals surface area contributed by atoms with Crippen molar-refractivity contribution >= 4 is 35.1 Å². The molecule has 0 fully saturated rings. The highest BCUT2D eigenvalue weighted by atomic mass is 35.5. The minimum Gasteiger partial charge on any atom is -0.368 e. The normalized spacial score (nSPS) is 10.3. The second-order valence-corrected chi connectivity index (χ2v) is 3.92. The number of nitrogens with zero attached hydrogens (tertiary/aromatic N) is 3. The van der Waals surface area contributed by atoms with Crippen LogP contribution < -0.4 is 11.2 Å². The highest BCUT2D eigenvalue weighted by Gasteiger charge is 2.10. The van der Waals surface area contributed by atoms with E-state index < -0.39 is 0 Å². The number of aromatic nitrogens is 3. The molecule has 0 unspecified atom stereocenters. The van der Waals surface area contributed by atoms with Gasteiger partial charge in [-0.05, 0) is 18.2 Å². The Morgan fingerprint density at radius 2 is 1.94 bits per heavy atom. The molecule has 8 heteroatoms. The first kappa shape index (κ1) is 11.8. The second kappa shape index (κ2) is 4.70. The van der Waals surface area contributed by atoms with Crippen LogP contribution in [0.15, 0.2) is 18.2 Å². The molecule has 4 N–H and O–H groups in total. The lowest BCUT2D eigenvalue weighted by Crippen LogP contribution is -2.05. The molecule has 0 bridgehead atoms. The third-order valence-electron chi connectivity index (χ3n) is 1.92. The summed E-state index contributed by atoms with van der Waals surface area (Å²) >= 11 is 11.8. The summed E-state index contributed by atoms with van der Waals surface area (Å²) in [6.07, 6.45) is 0. The van der Waals surface area contributed by atoms with E-state index in [0.29, 0.717) is 15.6 Å². The number of hydrogen-bond acceptors (Lipinski definition) is 6. The number of nitrogens with one attached hydrogen (secondary N) is 1. The van der Waals surface area contributed by atoms with E-state index >= 15 is 0 Å². The van der Waals surface area contributed by atoms with Crippen molar-refractivity contribution < 1.29 is 5.21 Å². The number of nitrogens with two attached hydrogens (primary N) is 1. The van der Waals surface area contributed by atoms with Gasteiger partial charge in [-0.2, -0.15) is 15.0 Å². The molecule has 0 amide bonds. The standard InChI is InChI=1S/C9H7Cl2N5O/c10-4-1-2-6(11)5(3-4)7-13-8(12)15-9(14-7)16-17/h1-3,17H,(H3,12,13,14,15,16). The minimum absolute atomic E-state index is 0.0393. The summed E-state index contributed by atoms with van der Waals surface area (Å²) in [5.41, 5.74) is 7.77. The third-order valence-corrected chi connectivity index (χ3v) is 2.49. The van der Waals surface area contributed by atoms with Crippen molar-refractivity contribution in [2.45, 2.75) is 0 Å². The van der Waals surface area contributed by atoms with E-state index in [2.05, 4.69) is 15.0 Å². The van der Waals surface area contributed by atoms with Gasteiger partial charge in [-0.15, -0.1) is 0 Å². The van der Waals surface area contributed by atoms with Crippen molar-refractivity contribution in [1.82, 2.24) is 15.0 Å². The highest BCUT2D eigenvalue weighted by Crippen LogP contribution is 2.28. The number of hydrogen-bond donors (Lipinski definition) is 3. The summed E-state index contributed by atoms with van der Waals surface area (Å²) in [5, 5.41) is 9.65. The van der Waals surface area contributed by atoms with Gasteiger partial charge in [0.15, 0.2) is 5.82 Å². The molecule has 0 radical (unpaired) electrons. The largest absolute Gasteiger partial charge is 0.368 e. The van der Waals surface area contributed by atoms with Crippen LogP contribution in [0.2, 0.25) is 10.0 Å². The van der Waals surface area contributed by atoms with Crippen LogP contribution in [0.5, 0.6) is 0 Å². The molecule has 0 saturated carbocycles. The molecule has 1 heterocycles. The van der Waals surface area contributed by atoms with Crippen LogP contribution in [0, 0.1) is 0 Å². The molecule has 0 spiro atoms. The van der Waals surface area contributed by atoms with Gasteiger partial charge >= 0.3 is 0 Å². The third kappa shape index (κ3) is 2.55. The summed E-state index contributed by atoms with van der Waals surface area (Å²) in [6, 6.07) is 4.86. The van der Waals surface area contributed by atoms with Crippen molar-refractivity contribution in [2.75, 3.05) is 11.2 Å². The zero-order valence-electron chi connectivity index (χ0n) is 8.35. The Morgan fingerprint density at radius 1 is 1.18 bits per heavy atom. The van der Waals surface area contributed by atoms with Gasteiger partial charge in [-0.3, -0.25) is 5.21 Å². The van der Waals surface area contributed by atoms with Gasteiger partial charge < -0.3 is 5.73 Å². The first-order valence-electron chi connectivity index (χ1n) is 4.47. The first-order chi connectivity index (χ1) is 8.10. The van der Waals surface area contributed by atoms with E-state index in [1.807, 2.05) is 0 Å². The SMILES string of the molecule is Nc1nc(NO)nc(-c2cc(Cl)ccc2Cl)n1. The van der Waals surface area contributed by atoms with Crippen LogP contribution >= 0.6 is 23.2 Å². The molecular weight excluding hydrogens is 265 g/mol. The smallest absolute Gasteiger partial charge is 0.252 e. The average Bonchev–Trinajstić information content (AvgIpc) is 2.31. The Labute approximate surface area is 106 Å². The van der Waals surface area contributed by atoms with E-state index in [9.17, 15) is 0 Å². The minimum atomic E-state index is -0.0662.